The zero-order valence-corrected chi connectivity index (χ0v) is 11.3. The molecule has 1 fully saturated rings. The van der Waals surface area contributed by atoms with Gasteiger partial charge in [0.25, 0.3) is 0 Å². The third kappa shape index (κ3) is 3.52. The Balaban J connectivity index is 0.00000225. The van der Waals surface area contributed by atoms with Gasteiger partial charge in [-0.2, -0.15) is 0 Å². The van der Waals surface area contributed by atoms with Gasteiger partial charge in [-0.15, -0.1) is 12.4 Å². The zero-order valence-electron chi connectivity index (χ0n) is 10.5. The molecular formula is C11H24ClN3O. The minimum Gasteiger partial charge on any atom is -0.328 e. The molecule has 0 bridgehead atoms. The molecule has 1 heterocycles. The number of carbonyl (C=O) groups excluding carboxylic acids is 1. The lowest BCUT2D eigenvalue weighted by Crippen LogP contribution is -2.53. The van der Waals surface area contributed by atoms with Crippen molar-refractivity contribution in [2.24, 2.45) is 11.7 Å². The summed E-state index contributed by atoms with van der Waals surface area (Å²) in [5, 5.41) is 0. The van der Waals surface area contributed by atoms with Gasteiger partial charge in [-0.25, -0.2) is 4.79 Å². The zero-order chi connectivity index (χ0) is 11.4. The molecule has 2 amide bonds. The molecule has 0 aromatic rings. The minimum absolute atomic E-state index is 0. The predicted octanol–water partition coefficient (Wildman–Crippen LogP) is 1.54. The van der Waals surface area contributed by atoms with Crippen molar-refractivity contribution >= 4 is 18.4 Å². The lowest BCUT2D eigenvalue weighted by atomic mass is 9.93. The van der Waals surface area contributed by atoms with Gasteiger partial charge in [0, 0.05) is 32.7 Å². The van der Waals surface area contributed by atoms with E-state index in [-0.39, 0.29) is 24.5 Å². The number of carbonyl (C=O) groups is 1. The highest BCUT2D eigenvalue weighted by molar-refractivity contribution is 5.85. The molecule has 2 atom stereocenters. The highest BCUT2D eigenvalue weighted by Gasteiger charge is 2.29. The van der Waals surface area contributed by atoms with Crippen LogP contribution in [0.25, 0.3) is 0 Å². The maximum atomic E-state index is 12.0. The summed E-state index contributed by atoms with van der Waals surface area (Å²) in [6, 6.07) is 0.357. The first-order chi connectivity index (χ1) is 7.10. The number of nitrogens with zero attached hydrogens (tertiary/aromatic N) is 2. The summed E-state index contributed by atoms with van der Waals surface area (Å²) in [6.07, 6.45) is 2.14. The molecule has 2 unspecified atom stereocenters. The van der Waals surface area contributed by atoms with Crippen LogP contribution >= 0.6 is 12.4 Å². The molecule has 0 aromatic carbocycles. The Bertz CT molecular complexity index is 225. The Morgan fingerprint density at radius 1 is 1.56 bits per heavy atom. The Hall–Kier alpha value is -0.480. The fraction of sp³-hybridized carbons (Fsp3) is 0.909. The molecule has 1 aliphatic rings. The van der Waals surface area contributed by atoms with Crippen LogP contribution < -0.4 is 5.73 Å². The monoisotopic (exact) mass is 249 g/mol. The van der Waals surface area contributed by atoms with E-state index in [4.69, 9.17) is 5.73 Å². The number of likely N-dealkylation sites (tertiary alicyclic amines) is 1. The Kier molecular flexibility index (Phi) is 6.76. The molecule has 4 nitrogen and oxygen atoms in total. The molecule has 96 valence electrons. The van der Waals surface area contributed by atoms with Crippen molar-refractivity contribution in [2.75, 3.05) is 26.7 Å². The van der Waals surface area contributed by atoms with Crippen molar-refractivity contribution < 1.29 is 4.79 Å². The average Bonchev–Trinajstić information content (AvgIpc) is 2.26. The number of amides is 2. The van der Waals surface area contributed by atoms with Crippen molar-refractivity contribution in [3.63, 3.8) is 0 Å². The number of urea groups is 1. The first-order valence-corrected chi connectivity index (χ1v) is 5.81. The molecular weight excluding hydrogens is 226 g/mol. The molecule has 1 rings (SSSR count). The van der Waals surface area contributed by atoms with Crippen LogP contribution in [0.1, 0.15) is 26.7 Å². The van der Waals surface area contributed by atoms with E-state index in [1.54, 1.807) is 4.90 Å². The van der Waals surface area contributed by atoms with E-state index in [9.17, 15) is 4.79 Å². The van der Waals surface area contributed by atoms with Gasteiger partial charge >= 0.3 is 6.03 Å². The van der Waals surface area contributed by atoms with E-state index >= 15 is 0 Å². The van der Waals surface area contributed by atoms with Crippen LogP contribution in [0.4, 0.5) is 4.79 Å². The third-order valence-electron chi connectivity index (χ3n) is 3.30. The van der Waals surface area contributed by atoms with Crippen molar-refractivity contribution in [3.05, 3.63) is 0 Å². The fourth-order valence-electron chi connectivity index (χ4n) is 2.08. The number of hydrogen-bond acceptors (Lipinski definition) is 2. The van der Waals surface area contributed by atoms with Gasteiger partial charge in [-0.3, -0.25) is 0 Å². The first kappa shape index (κ1) is 15.5. The average molecular weight is 250 g/mol. The summed E-state index contributed by atoms with van der Waals surface area (Å²) in [5.41, 5.74) is 5.72. The second-order valence-electron chi connectivity index (χ2n) is 4.51. The third-order valence-corrected chi connectivity index (χ3v) is 3.30. The van der Waals surface area contributed by atoms with Crippen LogP contribution in [-0.2, 0) is 0 Å². The van der Waals surface area contributed by atoms with Crippen molar-refractivity contribution in [1.82, 2.24) is 9.80 Å². The normalized spacial score (nSPS) is 24.9. The van der Waals surface area contributed by atoms with Gasteiger partial charge in [0.05, 0.1) is 0 Å². The number of piperidine rings is 1. The molecule has 16 heavy (non-hydrogen) atoms. The standard InChI is InChI=1S/C11H23N3O.ClH/c1-4-13(3)11(15)14-6-5-9(2)7-10(14)8-12;/h9-10H,4-8,12H2,1-3H3;1H. The van der Waals surface area contributed by atoms with Gasteiger partial charge in [0.1, 0.15) is 0 Å². The quantitative estimate of drug-likeness (QED) is 0.807. The maximum Gasteiger partial charge on any atom is 0.320 e. The lowest BCUT2D eigenvalue weighted by Gasteiger charge is -2.39. The SMILES string of the molecule is CCN(C)C(=O)N1CCC(C)CC1CN.Cl. The van der Waals surface area contributed by atoms with Crippen molar-refractivity contribution in [1.29, 1.82) is 0 Å². The summed E-state index contributed by atoms with van der Waals surface area (Å²) in [5.74, 6) is 0.689. The summed E-state index contributed by atoms with van der Waals surface area (Å²) in [6.45, 7) is 6.40. The summed E-state index contributed by atoms with van der Waals surface area (Å²) in [4.78, 5) is 15.7. The largest absolute Gasteiger partial charge is 0.328 e. The van der Waals surface area contributed by atoms with Gasteiger partial charge in [-0.05, 0) is 25.7 Å². The van der Waals surface area contributed by atoms with Crippen LogP contribution in [0, 0.1) is 5.92 Å². The van der Waals surface area contributed by atoms with Crippen LogP contribution in [0.3, 0.4) is 0 Å². The molecule has 1 saturated heterocycles. The number of hydrogen-bond donors (Lipinski definition) is 1. The number of nitrogens with two attached hydrogens (primary N) is 1. The van der Waals surface area contributed by atoms with Crippen LogP contribution in [0.15, 0.2) is 0 Å². The maximum absolute atomic E-state index is 12.0. The van der Waals surface area contributed by atoms with Crippen molar-refractivity contribution in [3.8, 4) is 0 Å². The van der Waals surface area contributed by atoms with Crippen LogP contribution in [0.2, 0.25) is 0 Å². The number of rotatable bonds is 2. The molecule has 0 spiro atoms. The molecule has 0 saturated carbocycles. The van der Waals surface area contributed by atoms with E-state index in [1.165, 1.54) is 0 Å². The molecule has 0 aliphatic carbocycles. The lowest BCUT2D eigenvalue weighted by molar-refractivity contribution is 0.111. The smallest absolute Gasteiger partial charge is 0.320 e. The van der Waals surface area contributed by atoms with E-state index in [2.05, 4.69) is 6.92 Å². The van der Waals surface area contributed by atoms with Gasteiger partial charge < -0.3 is 15.5 Å². The van der Waals surface area contributed by atoms with E-state index in [0.29, 0.717) is 12.5 Å². The fourth-order valence-corrected chi connectivity index (χ4v) is 2.08. The molecule has 5 heteroatoms. The summed E-state index contributed by atoms with van der Waals surface area (Å²) < 4.78 is 0. The second-order valence-corrected chi connectivity index (χ2v) is 4.51. The van der Waals surface area contributed by atoms with E-state index < -0.39 is 0 Å². The second kappa shape index (κ2) is 6.97. The topological polar surface area (TPSA) is 49.6 Å². The number of halogens is 1. The van der Waals surface area contributed by atoms with Gasteiger partial charge in [0.2, 0.25) is 0 Å². The molecule has 0 aromatic heterocycles. The van der Waals surface area contributed by atoms with Gasteiger partial charge in [0.15, 0.2) is 0 Å². The minimum atomic E-state index is 0. The van der Waals surface area contributed by atoms with Crippen molar-refractivity contribution in [2.45, 2.75) is 32.7 Å². The van der Waals surface area contributed by atoms with Crippen LogP contribution in [-0.4, -0.2) is 48.6 Å². The summed E-state index contributed by atoms with van der Waals surface area (Å²) >= 11 is 0. The highest BCUT2D eigenvalue weighted by atomic mass is 35.5. The van der Waals surface area contributed by atoms with E-state index in [0.717, 1.165) is 25.9 Å². The first-order valence-electron chi connectivity index (χ1n) is 5.81. The Morgan fingerprint density at radius 2 is 2.19 bits per heavy atom. The summed E-state index contributed by atoms with van der Waals surface area (Å²) in [7, 11) is 1.84. The molecule has 1 aliphatic heterocycles. The Labute approximate surface area is 105 Å². The van der Waals surface area contributed by atoms with Crippen LogP contribution in [0.5, 0.6) is 0 Å². The predicted molar refractivity (Wildman–Crippen MR) is 68.9 cm³/mol. The van der Waals surface area contributed by atoms with E-state index in [1.807, 2.05) is 18.9 Å². The Morgan fingerprint density at radius 3 is 2.69 bits per heavy atom. The highest BCUT2D eigenvalue weighted by Crippen LogP contribution is 2.22. The molecule has 0 radical (unpaired) electrons. The molecule has 2 N–H and O–H groups in total. The van der Waals surface area contributed by atoms with Gasteiger partial charge in [-0.1, -0.05) is 6.92 Å².